The fourth-order valence-corrected chi connectivity index (χ4v) is 4.17. The first-order chi connectivity index (χ1) is 11.0. The highest BCUT2D eigenvalue weighted by Gasteiger charge is 2.61. The third-order valence-electron chi connectivity index (χ3n) is 5.90. The molecule has 1 aromatic rings. The lowest BCUT2D eigenvalue weighted by Gasteiger charge is -2.22. The number of carbonyl (C=O) groups excluding carboxylic acids is 1. The highest BCUT2D eigenvalue weighted by atomic mass is 16.1. The molecule has 0 unspecified atom stereocenters. The Hall–Kier alpha value is -1.35. The van der Waals surface area contributed by atoms with Gasteiger partial charge in [-0.05, 0) is 56.3 Å². The smallest absolute Gasteiger partial charge is 0.220 e. The largest absolute Gasteiger partial charge is 0.355 e. The van der Waals surface area contributed by atoms with Crippen LogP contribution in [0.5, 0.6) is 0 Å². The van der Waals surface area contributed by atoms with E-state index in [2.05, 4.69) is 54.4 Å². The van der Waals surface area contributed by atoms with Crippen molar-refractivity contribution < 1.29 is 4.79 Å². The molecule has 1 aliphatic heterocycles. The number of rotatable bonds is 7. The van der Waals surface area contributed by atoms with Crippen LogP contribution in [0.15, 0.2) is 30.3 Å². The number of nitrogens with one attached hydrogen (secondary N) is 1. The number of benzene rings is 1. The minimum atomic E-state index is 0.124. The molecule has 3 rings (SSSR count). The molecule has 0 bridgehead atoms. The predicted molar refractivity (Wildman–Crippen MR) is 94.4 cm³/mol. The Labute approximate surface area is 140 Å². The van der Waals surface area contributed by atoms with Crippen molar-refractivity contribution in [2.45, 2.75) is 51.4 Å². The number of hydrogen-bond acceptors (Lipinski definition) is 2. The van der Waals surface area contributed by atoms with Crippen LogP contribution < -0.4 is 5.32 Å². The summed E-state index contributed by atoms with van der Waals surface area (Å²) in [6.07, 6.45) is 5.43. The van der Waals surface area contributed by atoms with Crippen LogP contribution in [0.4, 0.5) is 0 Å². The van der Waals surface area contributed by atoms with Gasteiger partial charge < -0.3 is 10.2 Å². The molecule has 23 heavy (non-hydrogen) atoms. The minimum absolute atomic E-state index is 0.124. The van der Waals surface area contributed by atoms with Gasteiger partial charge in [0.1, 0.15) is 0 Å². The molecular weight excluding hydrogens is 284 g/mol. The maximum atomic E-state index is 12.2. The van der Waals surface area contributed by atoms with Crippen LogP contribution in [0.25, 0.3) is 0 Å². The first kappa shape index (κ1) is 16.5. The topological polar surface area (TPSA) is 32.3 Å². The van der Waals surface area contributed by atoms with E-state index < -0.39 is 0 Å². The molecule has 1 atom stereocenters. The van der Waals surface area contributed by atoms with E-state index in [9.17, 15) is 4.79 Å². The van der Waals surface area contributed by atoms with Gasteiger partial charge in [0.25, 0.3) is 0 Å². The van der Waals surface area contributed by atoms with Gasteiger partial charge in [0.2, 0.25) is 5.91 Å². The van der Waals surface area contributed by atoms with Gasteiger partial charge >= 0.3 is 0 Å². The van der Waals surface area contributed by atoms with Crippen molar-refractivity contribution in [2.75, 3.05) is 26.2 Å². The molecule has 2 aliphatic rings. The Morgan fingerprint density at radius 1 is 1.17 bits per heavy atom. The van der Waals surface area contributed by atoms with Crippen LogP contribution in [0, 0.1) is 5.41 Å². The first-order valence-corrected chi connectivity index (χ1v) is 9.08. The molecule has 1 amide bonds. The second-order valence-corrected chi connectivity index (χ2v) is 7.94. The van der Waals surface area contributed by atoms with E-state index in [1.807, 2.05) is 0 Å². The van der Waals surface area contributed by atoms with Crippen LogP contribution in [0.3, 0.4) is 0 Å². The van der Waals surface area contributed by atoms with Crippen molar-refractivity contribution in [2.24, 2.45) is 5.41 Å². The average Bonchev–Trinajstić information content (AvgIpc) is 2.90. The molecule has 1 aliphatic carbocycles. The normalized spacial score (nSPS) is 26.2. The fourth-order valence-electron chi connectivity index (χ4n) is 4.17. The first-order valence-electron chi connectivity index (χ1n) is 9.08. The number of hydrogen-bond donors (Lipinski definition) is 1. The third kappa shape index (κ3) is 3.60. The van der Waals surface area contributed by atoms with Crippen molar-refractivity contribution in [3.05, 3.63) is 35.9 Å². The molecule has 1 N–H and O–H groups in total. The van der Waals surface area contributed by atoms with Crippen molar-refractivity contribution in [1.82, 2.24) is 10.2 Å². The Bertz CT molecular complexity index is 534. The molecular formula is C20H30N2O. The number of amides is 1. The van der Waals surface area contributed by atoms with E-state index in [0.29, 0.717) is 6.42 Å². The van der Waals surface area contributed by atoms with E-state index >= 15 is 0 Å². The van der Waals surface area contributed by atoms with E-state index in [4.69, 9.17) is 0 Å². The molecule has 3 nitrogen and oxygen atoms in total. The van der Waals surface area contributed by atoms with E-state index in [0.717, 1.165) is 25.9 Å². The molecule has 126 valence electrons. The van der Waals surface area contributed by atoms with Gasteiger partial charge in [-0.15, -0.1) is 0 Å². The number of likely N-dealkylation sites (tertiary alicyclic amines) is 1. The summed E-state index contributed by atoms with van der Waals surface area (Å²) in [5, 5.41) is 3.21. The van der Waals surface area contributed by atoms with Crippen LogP contribution in [-0.2, 0) is 10.2 Å². The summed E-state index contributed by atoms with van der Waals surface area (Å²) >= 11 is 0. The highest BCUT2D eigenvalue weighted by Crippen LogP contribution is 2.63. The van der Waals surface area contributed by atoms with Crippen molar-refractivity contribution in [3.8, 4) is 0 Å². The zero-order valence-electron chi connectivity index (χ0n) is 14.6. The minimum Gasteiger partial charge on any atom is -0.355 e. The average molecular weight is 314 g/mol. The molecule has 1 aromatic carbocycles. The Morgan fingerprint density at radius 3 is 2.43 bits per heavy atom. The van der Waals surface area contributed by atoms with Gasteiger partial charge in [-0.3, -0.25) is 4.79 Å². The molecule has 0 aromatic heterocycles. The molecule has 0 radical (unpaired) electrons. The van der Waals surface area contributed by atoms with Gasteiger partial charge in [-0.1, -0.05) is 44.2 Å². The SMILES string of the molecule is CC1(C)C[C@@]1(CNC(=O)CCCN1CCCC1)c1ccccc1. The van der Waals surface area contributed by atoms with Gasteiger partial charge in [0.05, 0.1) is 0 Å². The maximum absolute atomic E-state index is 12.2. The summed E-state index contributed by atoms with van der Waals surface area (Å²) in [5.41, 5.74) is 1.76. The van der Waals surface area contributed by atoms with Gasteiger partial charge in [-0.2, -0.15) is 0 Å². The molecule has 2 fully saturated rings. The Balaban J connectivity index is 1.47. The van der Waals surface area contributed by atoms with Gasteiger partial charge in [-0.25, -0.2) is 0 Å². The zero-order chi connectivity index (χ0) is 16.3. The van der Waals surface area contributed by atoms with Crippen LogP contribution in [0.1, 0.15) is 51.5 Å². The second-order valence-electron chi connectivity index (χ2n) is 7.94. The quantitative estimate of drug-likeness (QED) is 0.837. The molecule has 1 saturated carbocycles. The number of nitrogens with zero attached hydrogens (tertiary/aromatic N) is 1. The molecule has 0 spiro atoms. The summed E-state index contributed by atoms with van der Waals surface area (Å²) < 4.78 is 0. The third-order valence-corrected chi connectivity index (χ3v) is 5.90. The molecule has 1 heterocycles. The lowest BCUT2D eigenvalue weighted by molar-refractivity contribution is -0.121. The molecule has 1 saturated heterocycles. The van der Waals surface area contributed by atoms with Crippen LogP contribution in [0.2, 0.25) is 0 Å². The number of carbonyl (C=O) groups is 1. The summed E-state index contributed by atoms with van der Waals surface area (Å²) in [5.74, 6) is 0.210. The van der Waals surface area contributed by atoms with Crippen LogP contribution in [-0.4, -0.2) is 37.0 Å². The van der Waals surface area contributed by atoms with Crippen LogP contribution >= 0.6 is 0 Å². The van der Waals surface area contributed by atoms with E-state index in [1.165, 1.54) is 31.5 Å². The summed E-state index contributed by atoms with van der Waals surface area (Å²) in [6.45, 7) is 8.88. The standard InChI is InChI=1S/C20H30N2O/c1-19(2)15-20(19,17-9-4-3-5-10-17)16-21-18(23)11-8-14-22-12-6-7-13-22/h3-5,9-10H,6-8,11-16H2,1-2H3,(H,21,23)/t20-/m1/s1. The lowest BCUT2D eigenvalue weighted by atomic mass is 9.88. The Morgan fingerprint density at radius 2 is 1.83 bits per heavy atom. The predicted octanol–water partition coefficient (Wildman–Crippen LogP) is 3.35. The van der Waals surface area contributed by atoms with E-state index in [-0.39, 0.29) is 16.7 Å². The fraction of sp³-hybridized carbons (Fsp3) is 0.650. The summed E-state index contributed by atoms with van der Waals surface area (Å²) in [7, 11) is 0. The lowest BCUT2D eigenvalue weighted by Crippen LogP contribution is -2.35. The monoisotopic (exact) mass is 314 g/mol. The van der Waals surface area contributed by atoms with Crippen molar-refractivity contribution in [3.63, 3.8) is 0 Å². The summed E-state index contributed by atoms with van der Waals surface area (Å²) in [6, 6.07) is 10.7. The summed E-state index contributed by atoms with van der Waals surface area (Å²) in [4.78, 5) is 14.7. The second kappa shape index (κ2) is 6.64. The maximum Gasteiger partial charge on any atom is 0.220 e. The Kier molecular flexibility index (Phi) is 4.77. The van der Waals surface area contributed by atoms with E-state index in [1.54, 1.807) is 0 Å². The van der Waals surface area contributed by atoms with Gasteiger partial charge in [0, 0.05) is 18.4 Å². The molecule has 3 heteroatoms. The highest BCUT2D eigenvalue weighted by molar-refractivity contribution is 5.76. The van der Waals surface area contributed by atoms with Gasteiger partial charge in [0.15, 0.2) is 0 Å². The zero-order valence-corrected chi connectivity index (χ0v) is 14.6. The van der Waals surface area contributed by atoms with Crippen molar-refractivity contribution >= 4 is 5.91 Å². The van der Waals surface area contributed by atoms with Crippen molar-refractivity contribution in [1.29, 1.82) is 0 Å².